The minimum atomic E-state index is -0.215. The van der Waals surface area contributed by atoms with Gasteiger partial charge in [-0.1, -0.05) is 18.2 Å². The van der Waals surface area contributed by atoms with Gasteiger partial charge in [0.15, 0.2) is 0 Å². The lowest BCUT2D eigenvalue weighted by Gasteiger charge is -2.03. The van der Waals surface area contributed by atoms with Crippen LogP contribution in [0.5, 0.6) is 0 Å². The van der Waals surface area contributed by atoms with E-state index in [0.717, 1.165) is 42.5 Å². The Morgan fingerprint density at radius 3 is 2.82 bits per heavy atom. The molecule has 0 atom stereocenters. The van der Waals surface area contributed by atoms with Gasteiger partial charge in [-0.2, -0.15) is 0 Å². The molecule has 0 aliphatic rings. The molecule has 0 fully saturated rings. The Morgan fingerprint density at radius 1 is 1.11 bits per heavy atom. The number of carbonyl (C=O) groups is 1. The van der Waals surface area contributed by atoms with Crippen molar-refractivity contribution in [3.05, 3.63) is 64.6 Å². The Kier molecular flexibility index (Phi) is 3.99. The molecule has 0 spiro atoms. The van der Waals surface area contributed by atoms with Crippen LogP contribution in [0.4, 0.5) is 5.69 Å². The standard InChI is InChI=1S/C21H16N4OS2/c1-12-22-15-10-14(7-8-19(15)28-12)23-20(26)16-11-27-21(24-16)18-9-13-5-3-4-6-17(13)25(18)2/h3-11H,1-2H3,(H,23,26). The summed E-state index contributed by atoms with van der Waals surface area (Å²) < 4.78 is 3.22. The van der Waals surface area contributed by atoms with Crippen molar-refractivity contribution in [2.24, 2.45) is 7.05 Å². The summed E-state index contributed by atoms with van der Waals surface area (Å²) in [6, 6.07) is 16.1. The van der Waals surface area contributed by atoms with E-state index in [1.807, 2.05) is 44.3 Å². The number of nitrogens with zero attached hydrogens (tertiary/aromatic N) is 3. The van der Waals surface area contributed by atoms with Gasteiger partial charge in [-0.15, -0.1) is 22.7 Å². The van der Waals surface area contributed by atoms with Crippen LogP contribution in [0.3, 0.4) is 0 Å². The summed E-state index contributed by atoms with van der Waals surface area (Å²) in [5.41, 5.74) is 4.19. The summed E-state index contributed by atoms with van der Waals surface area (Å²) in [7, 11) is 2.02. The second-order valence-corrected chi connectivity index (χ2v) is 8.65. The molecule has 0 aliphatic heterocycles. The lowest BCUT2D eigenvalue weighted by Crippen LogP contribution is -2.12. The van der Waals surface area contributed by atoms with Crippen molar-refractivity contribution in [2.75, 3.05) is 5.32 Å². The number of amides is 1. The van der Waals surface area contributed by atoms with Crippen LogP contribution in [-0.4, -0.2) is 20.4 Å². The highest BCUT2D eigenvalue weighted by atomic mass is 32.1. The van der Waals surface area contributed by atoms with E-state index in [1.54, 1.807) is 16.7 Å². The molecule has 0 bridgehead atoms. The van der Waals surface area contributed by atoms with Crippen molar-refractivity contribution in [2.45, 2.75) is 6.92 Å². The Bertz CT molecular complexity index is 1350. The van der Waals surface area contributed by atoms with E-state index in [-0.39, 0.29) is 5.91 Å². The van der Waals surface area contributed by atoms with Crippen LogP contribution in [0.25, 0.3) is 31.8 Å². The van der Waals surface area contributed by atoms with E-state index in [2.05, 4.69) is 38.1 Å². The zero-order valence-corrected chi connectivity index (χ0v) is 16.9. The number of aromatic nitrogens is 3. The zero-order valence-electron chi connectivity index (χ0n) is 15.3. The summed E-state index contributed by atoms with van der Waals surface area (Å²) in [4.78, 5) is 21.7. The van der Waals surface area contributed by atoms with Gasteiger partial charge in [0.2, 0.25) is 0 Å². The fraction of sp³-hybridized carbons (Fsp3) is 0.0952. The Labute approximate surface area is 169 Å². The zero-order chi connectivity index (χ0) is 19.3. The molecule has 0 saturated carbocycles. The fourth-order valence-corrected chi connectivity index (χ4v) is 4.96. The first-order chi connectivity index (χ1) is 13.6. The first-order valence-corrected chi connectivity index (χ1v) is 10.5. The molecule has 3 heterocycles. The van der Waals surface area contributed by atoms with Crippen LogP contribution in [0, 0.1) is 6.92 Å². The molecule has 1 N–H and O–H groups in total. The second-order valence-electron chi connectivity index (χ2n) is 6.55. The Hall–Kier alpha value is -3.03. The Morgan fingerprint density at radius 2 is 1.96 bits per heavy atom. The number of rotatable bonds is 3. The number of hydrogen-bond donors (Lipinski definition) is 1. The number of benzene rings is 2. The summed E-state index contributed by atoms with van der Waals surface area (Å²) in [5, 5.41) is 7.73. The molecule has 5 rings (SSSR count). The molecule has 7 heteroatoms. The smallest absolute Gasteiger partial charge is 0.275 e. The molecule has 0 saturated heterocycles. The van der Waals surface area contributed by atoms with Crippen LogP contribution in [0.2, 0.25) is 0 Å². The van der Waals surface area contributed by atoms with Crippen molar-refractivity contribution < 1.29 is 4.79 Å². The summed E-state index contributed by atoms with van der Waals surface area (Å²) in [6.07, 6.45) is 0. The van der Waals surface area contributed by atoms with Crippen molar-refractivity contribution in [3.8, 4) is 10.7 Å². The Balaban J connectivity index is 1.42. The predicted molar refractivity (Wildman–Crippen MR) is 116 cm³/mol. The second kappa shape index (κ2) is 6.54. The molecule has 5 nitrogen and oxygen atoms in total. The molecular formula is C21H16N4OS2. The molecule has 3 aromatic heterocycles. The van der Waals surface area contributed by atoms with Gasteiger partial charge in [0.25, 0.3) is 5.91 Å². The largest absolute Gasteiger partial charge is 0.342 e. The van der Waals surface area contributed by atoms with Crippen molar-refractivity contribution in [3.63, 3.8) is 0 Å². The first kappa shape index (κ1) is 17.1. The van der Waals surface area contributed by atoms with Crippen LogP contribution >= 0.6 is 22.7 Å². The summed E-state index contributed by atoms with van der Waals surface area (Å²) >= 11 is 3.12. The highest BCUT2D eigenvalue weighted by molar-refractivity contribution is 7.18. The average Bonchev–Trinajstić information content (AvgIpc) is 3.38. The van der Waals surface area contributed by atoms with E-state index in [0.29, 0.717) is 5.69 Å². The number of carbonyl (C=O) groups excluding carboxylic acids is 1. The van der Waals surface area contributed by atoms with Crippen LogP contribution in [-0.2, 0) is 7.05 Å². The van der Waals surface area contributed by atoms with E-state index in [4.69, 9.17) is 0 Å². The van der Waals surface area contributed by atoms with E-state index < -0.39 is 0 Å². The molecule has 28 heavy (non-hydrogen) atoms. The van der Waals surface area contributed by atoms with Crippen molar-refractivity contribution in [1.29, 1.82) is 0 Å². The van der Waals surface area contributed by atoms with Gasteiger partial charge in [-0.05, 0) is 37.3 Å². The quantitative estimate of drug-likeness (QED) is 0.434. The van der Waals surface area contributed by atoms with Gasteiger partial charge in [0.05, 0.1) is 20.9 Å². The maximum absolute atomic E-state index is 12.7. The van der Waals surface area contributed by atoms with E-state index >= 15 is 0 Å². The van der Waals surface area contributed by atoms with Crippen molar-refractivity contribution >= 4 is 55.4 Å². The maximum Gasteiger partial charge on any atom is 0.275 e. The SMILES string of the molecule is Cc1nc2cc(NC(=O)c3csc(-c4cc5ccccc5n4C)n3)ccc2s1. The van der Waals surface area contributed by atoms with E-state index in [9.17, 15) is 4.79 Å². The van der Waals surface area contributed by atoms with Gasteiger partial charge in [0.1, 0.15) is 10.7 Å². The number of anilines is 1. The predicted octanol–water partition coefficient (Wildman–Crippen LogP) is 5.47. The normalized spacial score (nSPS) is 11.4. The lowest BCUT2D eigenvalue weighted by molar-refractivity contribution is 0.102. The number of fused-ring (bicyclic) bond motifs is 2. The van der Waals surface area contributed by atoms with Crippen molar-refractivity contribution in [1.82, 2.24) is 14.5 Å². The van der Waals surface area contributed by atoms with Gasteiger partial charge < -0.3 is 9.88 Å². The third kappa shape index (κ3) is 2.89. The molecule has 138 valence electrons. The third-order valence-corrected chi connectivity index (χ3v) is 6.48. The molecule has 0 aliphatic carbocycles. The topological polar surface area (TPSA) is 59.8 Å². The highest BCUT2D eigenvalue weighted by Gasteiger charge is 2.15. The average molecular weight is 405 g/mol. The molecule has 1 amide bonds. The van der Waals surface area contributed by atoms with Crippen LogP contribution < -0.4 is 5.32 Å². The molecule has 0 radical (unpaired) electrons. The number of hydrogen-bond acceptors (Lipinski definition) is 5. The third-order valence-electron chi connectivity index (χ3n) is 4.66. The monoisotopic (exact) mass is 404 g/mol. The number of aryl methyl sites for hydroxylation is 2. The van der Waals surface area contributed by atoms with Gasteiger partial charge in [-0.3, -0.25) is 4.79 Å². The molecule has 5 aromatic rings. The minimum absolute atomic E-state index is 0.215. The van der Waals surface area contributed by atoms with E-state index in [1.165, 1.54) is 11.3 Å². The summed E-state index contributed by atoms with van der Waals surface area (Å²) in [5.74, 6) is -0.215. The minimum Gasteiger partial charge on any atom is -0.342 e. The van der Waals surface area contributed by atoms with Gasteiger partial charge in [0, 0.05) is 29.0 Å². The first-order valence-electron chi connectivity index (χ1n) is 8.77. The highest BCUT2D eigenvalue weighted by Crippen LogP contribution is 2.30. The lowest BCUT2D eigenvalue weighted by atomic mass is 10.2. The fourth-order valence-electron chi connectivity index (χ4n) is 3.31. The maximum atomic E-state index is 12.7. The van der Waals surface area contributed by atoms with Crippen LogP contribution in [0.1, 0.15) is 15.5 Å². The summed E-state index contributed by atoms with van der Waals surface area (Å²) in [6.45, 7) is 1.98. The number of para-hydroxylation sites is 1. The number of nitrogens with one attached hydrogen (secondary N) is 1. The van der Waals surface area contributed by atoms with Crippen LogP contribution in [0.15, 0.2) is 53.9 Å². The van der Waals surface area contributed by atoms with Gasteiger partial charge in [-0.25, -0.2) is 9.97 Å². The molecular weight excluding hydrogens is 388 g/mol. The molecule has 2 aromatic carbocycles. The van der Waals surface area contributed by atoms with Gasteiger partial charge >= 0.3 is 0 Å². The number of thiazole rings is 2. The molecule has 0 unspecified atom stereocenters.